The first-order chi connectivity index (χ1) is 9.38. The molecule has 0 aliphatic heterocycles. The summed E-state index contributed by atoms with van der Waals surface area (Å²) in [5.41, 5.74) is 0.490. The van der Waals surface area contributed by atoms with Gasteiger partial charge in [0.15, 0.2) is 11.6 Å². The molecule has 0 heterocycles. The van der Waals surface area contributed by atoms with Crippen molar-refractivity contribution in [2.45, 2.75) is 20.0 Å². The zero-order valence-corrected chi connectivity index (χ0v) is 11.0. The molecule has 1 atom stereocenters. The molecular weight excluding hydrogens is 269 g/mol. The van der Waals surface area contributed by atoms with Gasteiger partial charge in [0, 0.05) is 11.6 Å². The molecule has 2 aromatic carbocycles. The molecule has 0 unspecified atom stereocenters. The van der Waals surface area contributed by atoms with Crippen molar-refractivity contribution in [1.82, 2.24) is 0 Å². The lowest BCUT2D eigenvalue weighted by Crippen LogP contribution is -2.00. The third-order valence-corrected chi connectivity index (χ3v) is 2.85. The van der Waals surface area contributed by atoms with Crippen LogP contribution in [0.1, 0.15) is 24.2 Å². The van der Waals surface area contributed by atoms with E-state index in [0.717, 1.165) is 18.2 Å². The maximum absolute atomic E-state index is 13.5. The fraction of sp³-hybridized carbons (Fsp3) is 0.200. The van der Waals surface area contributed by atoms with Crippen molar-refractivity contribution in [3.63, 3.8) is 0 Å². The number of rotatable bonds is 3. The zero-order chi connectivity index (χ0) is 14.9. The SMILES string of the molecule is Cc1cc(Oc2ccc(F)cc2F)c([C@H](C)O)cc1F. The van der Waals surface area contributed by atoms with Gasteiger partial charge in [-0.25, -0.2) is 13.2 Å². The van der Waals surface area contributed by atoms with Crippen LogP contribution in [0.2, 0.25) is 0 Å². The molecule has 0 aliphatic rings. The first-order valence-electron chi connectivity index (χ1n) is 5.99. The lowest BCUT2D eigenvalue weighted by molar-refractivity contribution is 0.195. The molecule has 0 saturated carbocycles. The van der Waals surface area contributed by atoms with Gasteiger partial charge in [-0.2, -0.15) is 0 Å². The minimum Gasteiger partial charge on any atom is -0.454 e. The number of ether oxygens (including phenoxy) is 1. The first-order valence-corrected chi connectivity index (χ1v) is 5.99. The topological polar surface area (TPSA) is 29.5 Å². The van der Waals surface area contributed by atoms with Crippen molar-refractivity contribution >= 4 is 0 Å². The van der Waals surface area contributed by atoms with E-state index < -0.39 is 23.6 Å². The van der Waals surface area contributed by atoms with Crippen LogP contribution in [0.25, 0.3) is 0 Å². The third kappa shape index (κ3) is 2.93. The van der Waals surface area contributed by atoms with Gasteiger partial charge in [0.25, 0.3) is 0 Å². The molecule has 0 spiro atoms. The molecule has 0 fully saturated rings. The van der Waals surface area contributed by atoms with E-state index in [4.69, 9.17) is 4.74 Å². The highest BCUT2D eigenvalue weighted by Gasteiger charge is 2.15. The molecule has 2 aromatic rings. The van der Waals surface area contributed by atoms with Crippen LogP contribution in [-0.2, 0) is 0 Å². The Hall–Kier alpha value is -2.01. The van der Waals surface area contributed by atoms with Crippen LogP contribution in [0.5, 0.6) is 11.5 Å². The highest BCUT2D eigenvalue weighted by molar-refractivity contribution is 5.42. The van der Waals surface area contributed by atoms with Crippen LogP contribution in [0.4, 0.5) is 13.2 Å². The van der Waals surface area contributed by atoms with E-state index in [1.807, 2.05) is 0 Å². The maximum atomic E-state index is 13.5. The van der Waals surface area contributed by atoms with E-state index in [2.05, 4.69) is 0 Å². The molecule has 2 rings (SSSR count). The molecule has 0 amide bonds. The summed E-state index contributed by atoms with van der Waals surface area (Å²) < 4.78 is 45.2. The van der Waals surface area contributed by atoms with E-state index in [-0.39, 0.29) is 17.1 Å². The molecule has 5 heteroatoms. The number of hydrogen-bond acceptors (Lipinski definition) is 2. The zero-order valence-electron chi connectivity index (χ0n) is 11.0. The van der Waals surface area contributed by atoms with Gasteiger partial charge in [-0.1, -0.05) is 0 Å². The molecule has 2 nitrogen and oxygen atoms in total. The van der Waals surface area contributed by atoms with Gasteiger partial charge < -0.3 is 9.84 Å². The van der Waals surface area contributed by atoms with Crippen LogP contribution in [0.15, 0.2) is 30.3 Å². The molecule has 0 saturated heterocycles. The van der Waals surface area contributed by atoms with Gasteiger partial charge in [-0.05, 0) is 43.7 Å². The van der Waals surface area contributed by atoms with Crippen molar-refractivity contribution in [2.75, 3.05) is 0 Å². The Kier molecular flexibility index (Phi) is 3.99. The number of benzene rings is 2. The first kappa shape index (κ1) is 14.4. The average molecular weight is 282 g/mol. The Morgan fingerprint density at radius 2 is 1.70 bits per heavy atom. The Morgan fingerprint density at radius 3 is 2.30 bits per heavy atom. The number of hydrogen-bond donors (Lipinski definition) is 1. The van der Waals surface area contributed by atoms with Gasteiger partial charge in [0.05, 0.1) is 6.10 Å². The second kappa shape index (κ2) is 5.54. The Bertz CT molecular complexity index is 639. The van der Waals surface area contributed by atoms with E-state index in [1.54, 1.807) is 0 Å². The van der Waals surface area contributed by atoms with Gasteiger partial charge in [-0.15, -0.1) is 0 Å². The van der Waals surface area contributed by atoms with E-state index in [1.165, 1.54) is 19.9 Å². The lowest BCUT2D eigenvalue weighted by Gasteiger charge is -2.15. The van der Waals surface area contributed by atoms with Crippen molar-refractivity contribution < 1.29 is 23.0 Å². The van der Waals surface area contributed by atoms with Crippen LogP contribution in [0.3, 0.4) is 0 Å². The maximum Gasteiger partial charge on any atom is 0.168 e. The smallest absolute Gasteiger partial charge is 0.168 e. The summed E-state index contributed by atoms with van der Waals surface area (Å²) in [6.07, 6.45) is -0.983. The number of halogens is 3. The third-order valence-electron chi connectivity index (χ3n) is 2.85. The van der Waals surface area contributed by atoms with Gasteiger partial charge >= 0.3 is 0 Å². The number of aliphatic hydroxyl groups is 1. The normalized spacial score (nSPS) is 12.3. The van der Waals surface area contributed by atoms with Crippen molar-refractivity contribution in [3.8, 4) is 11.5 Å². The average Bonchev–Trinajstić information content (AvgIpc) is 2.36. The van der Waals surface area contributed by atoms with Crippen molar-refractivity contribution in [3.05, 3.63) is 58.9 Å². The molecule has 0 bridgehead atoms. The minimum absolute atomic E-state index is 0.129. The van der Waals surface area contributed by atoms with Crippen LogP contribution < -0.4 is 4.74 Å². The van der Waals surface area contributed by atoms with Crippen molar-refractivity contribution in [1.29, 1.82) is 0 Å². The second-order valence-corrected chi connectivity index (χ2v) is 4.49. The van der Waals surface area contributed by atoms with E-state index in [9.17, 15) is 18.3 Å². The van der Waals surface area contributed by atoms with E-state index >= 15 is 0 Å². The molecular formula is C15H13F3O2. The molecule has 1 N–H and O–H groups in total. The summed E-state index contributed by atoms with van der Waals surface area (Å²) in [6, 6.07) is 5.37. The van der Waals surface area contributed by atoms with E-state index in [0.29, 0.717) is 11.6 Å². The Labute approximate surface area is 114 Å². The van der Waals surface area contributed by atoms with Gasteiger partial charge in [0.1, 0.15) is 17.4 Å². The molecule has 106 valence electrons. The predicted molar refractivity (Wildman–Crippen MR) is 68.2 cm³/mol. The second-order valence-electron chi connectivity index (χ2n) is 4.49. The number of aliphatic hydroxyl groups excluding tert-OH is 1. The Balaban J connectivity index is 2.44. The molecule has 20 heavy (non-hydrogen) atoms. The summed E-state index contributed by atoms with van der Waals surface area (Å²) in [4.78, 5) is 0. The fourth-order valence-electron chi connectivity index (χ4n) is 1.76. The van der Waals surface area contributed by atoms with Crippen LogP contribution in [0, 0.1) is 24.4 Å². The highest BCUT2D eigenvalue weighted by Crippen LogP contribution is 2.33. The monoisotopic (exact) mass is 282 g/mol. The summed E-state index contributed by atoms with van der Waals surface area (Å²) in [5.74, 6) is -2.15. The Morgan fingerprint density at radius 1 is 1.00 bits per heavy atom. The number of aryl methyl sites for hydroxylation is 1. The predicted octanol–water partition coefficient (Wildman–Crippen LogP) is 4.26. The minimum atomic E-state index is -0.983. The molecule has 0 aliphatic carbocycles. The fourth-order valence-corrected chi connectivity index (χ4v) is 1.76. The summed E-state index contributed by atoms with van der Waals surface area (Å²) in [5, 5.41) is 9.61. The van der Waals surface area contributed by atoms with Crippen LogP contribution >= 0.6 is 0 Å². The van der Waals surface area contributed by atoms with Crippen molar-refractivity contribution in [2.24, 2.45) is 0 Å². The molecule has 0 aromatic heterocycles. The highest BCUT2D eigenvalue weighted by atomic mass is 19.1. The molecule has 0 radical (unpaired) electrons. The van der Waals surface area contributed by atoms with Crippen LogP contribution in [-0.4, -0.2) is 5.11 Å². The standard InChI is InChI=1S/C15H13F3O2/c1-8-5-15(11(9(2)19)7-12(8)17)20-14-4-3-10(16)6-13(14)18/h3-7,9,19H,1-2H3/t9-/m0/s1. The van der Waals surface area contributed by atoms with Gasteiger partial charge in [-0.3, -0.25) is 0 Å². The van der Waals surface area contributed by atoms with Gasteiger partial charge in [0.2, 0.25) is 0 Å². The summed E-state index contributed by atoms with van der Waals surface area (Å²) in [6.45, 7) is 2.97. The lowest BCUT2D eigenvalue weighted by atomic mass is 10.1. The summed E-state index contributed by atoms with van der Waals surface area (Å²) >= 11 is 0. The largest absolute Gasteiger partial charge is 0.454 e. The summed E-state index contributed by atoms with van der Waals surface area (Å²) in [7, 11) is 0. The quantitative estimate of drug-likeness (QED) is 0.911.